The zero-order valence-electron chi connectivity index (χ0n) is 9.14. The summed E-state index contributed by atoms with van der Waals surface area (Å²) in [6.45, 7) is 4.30. The average Bonchev–Trinajstić information content (AvgIpc) is 2.64. The maximum Gasteiger partial charge on any atom is 0.112 e. The third-order valence-electron chi connectivity index (χ3n) is 3.52. The van der Waals surface area contributed by atoms with Gasteiger partial charge in [0.25, 0.3) is 0 Å². The van der Waals surface area contributed by atoms with E-state index in [4.69, 9.17) is 4.74 Å². The minimum absolute atomic E-state index is 0.174. The topological polar surface area (TPSA) is 21.3 Å². The van der Waals surface area contributed by atoms with Crippen molar-refractivity contribution in [2.24, 2.45) is 0 Å². The van der Waals surface area contributed by atoms with E-state index >= 15 is 0 Å². The van der Waals surface area contributed by atoms with Crippen molar-refractivity contribution in [2.45, 2.75) is 51.0 Å². The molecule has 0 saturated carbocycles. The first-order chi connectivity index (χ1) is 6.87. The summed E-state index contributed by atoms with van der Waals surface area (Å²) in [6.07, 6.45) is 9.79. The standard InChI is InChI=1S/C12H21NO/c1-2-12(11-7-6-10-14-11)8-4-3-5-9-13-12/h7,13H,2-6,8-10H2,1H3. The number of ether oxygens (including phenoxy) is 1. The summed E-state index contributed by atoms with van der Waals surface area (Å²) in [5.74, 6) is 1.22. The first kappa shape index (κ1) is 10.0. The first-order valence-electron chi connectivity index (χ1n) is 5.96. The molecule has 1 N–H and O–H groups in total. The Labute approximate surface area is 86.7 Å². The summed E-state index contributed by atoms with van der Waals surface area (Å²) < 4.78 is 5.74. The average molecular weight is 195 g/mol. The quantitative estimate of drug-likeness (QED) is 0.731. The van der Waals surface area contributed by atoms with Crippen LogP contribution in [0.1, 0.15) is 45.4 Å². The Morgan fingerprint density at radius 3 is 3.07 bits per heavy atom. The van der Waals surface area contributed by atoms with Gasteiger partial charge in [-0.15, -0.1) is 0 Å². The Balaban J connectivity index is 2.13. The smallest absolute Gasteiger partial charge is 0.112 e. The van der Waals surface area contributed by atoms with Crippen molar-refractivity contribution >= 4 is 0 Å². The Kier molecular flexibility index (Phi) is 3.12. The molecule has 0 radical (unpaired) electrons. The summed E-state index contributed by atoms with van der Waals surface area (Å²) in [7, 11) is 0. The van der Waals surface area contributed by atoms with Gasteiger partial charge in [0.2, 0.25) is 0 Å². The first-order valence-corrected chi connectivity index (χ1v) is 5.96. The molecule has 14 heavy (non-hydrogen) atoms. The maximum atomic E-state index is 5.74. The highest BCUT2D eigenvalue weighted by atomic mass is 16.5. The zero-order chi connectivity index (χ0) is 9.86. The predicted molar refractivity (Wildman–Crippen MR) is 58.1 cm³/mol. The molecule has 0 amide bonds. The van der Waals surface area contributed by atoms with E-state index in [0.29, 0.717) is 0 Å². The molecular formula is C12H21NO. The van der Waals surface area contributed by atoms with Crippen LogP contribution in [0.4, 0.5) is 0 Å². The lowest BCUT2D eigenvalue weighted by Crippen LogP contribution is -2.46. The summed E-state index contributed by atoms with van der Waals surface area (Å²) in [4.78, 5) is 0. The van der Waals surface area contributed by atoms with E-state index in [1.165, 1.54) is 31.4 Å². The van der Waals surface area contributed by atoms with Crippen LogP contribution in [0.3, 0.4) is 0 Å². The lowest BCUT2D eigenvalue weighted by Gasteiger charge is -2.33. The normalized spacial score (nSPS) is 33.4. The Bertz CT molecular complexity index is 214. The molecular weight excluding hydrogens is 174 g/mol. The van der Waals surface area contributed by atoms with Gasteiger partial charge in [-0.05, 0) is 31.9 Å². The Morgan fingerprint density at radius 2 is 2.36 bits per heavy atom. The summed E-state index contributed by atoms with van der Waals surface area (Å²) in [5.41, 5.74) is 0.174. The molecule has 2 aliphatic heterocycles. The van der Waals surface area contributed by atoms with E-state index in [1.807, 2.05) is 0 Å². The largest absolute Gasteiger partial charge is 0.496 e. The van der Waals surface area contributed by atoms with Gasteiger partial charge in [-0.1, -0.05) is 19.8 Å². The minimum atomic E-state index is 0.174. The second-order valence-corrected chi connectivity index (χ2v) is 4.38. The van der Waals surface area contributed by atoms with E-state index in [1.54, 1.807) is 0 Å². The van der Waals surface area contributed by atoms with Crippen molar-refractivity contribution in [1.82, 2.24) is 5.32 Å². The van der Waals surface area contributed by atoms with E-state index in [2.05, 4.69) is 18.3 Å². The van der Waals surface area contributed by atoms with Gasteiger partial charge < -0.3 is 10.1 Å². The SMILES string of the molecule is CCC1(C2=CCCO2)CCCCCN1. The maximum absolute atomic E-state index is 5.74. The van der Waals surface area contributed by atoms with Crippen LogP contribution >= 0.6 is 0 Å². The molecule has 1 saturated heterocycles. The van der Waals surface area contributed by atoms with Gasteiger partial charge >= 0.3 is 0 Å². The molecule has 1 unspecified atom stereocenters. The highest BCUT2D eigenvalue weighted by Crippen LogP contribution is 2.32. The van der Waals surface area contributed by atoms with Crippen LogP contribution in [0.5, 0.6) is 0 Å². The van der Waals surface area contributed by atoms with Gasteiger partial charge in [-0.2, -0.15) is 0 Å². The van der Waals surface area contributed by atoms with Crippen LogP contribution in [0, 0.1) is 0 Å². The molecule has 0 spiro atoms. The van der Waals surface area contributed by atoms with Crippen LogP contribution in [0.2, 0.25) is 0 Å². The van der Waals surface area contributed by atoms with Crippen molar-refractivity contribution < 1.29 is 4.74 Å². The van der Waals surface area contributed by atoms with Crippen LogP contribution in [-0.2, 0) is 4.74 Å². The van der Waals surface area contributed by atoms with Crippen LogP contribution < -0.4 is 5.32 Å². The van der Waals surface area contributed by atoms with Gasteiger partial charge in [0.15, 0.2) is 0 Å². The number of rotatable bonds is 2. The molecule has 0 aromatic heterocycles. The molecule has 0 aromatic rings. The molecule has 0 aromatic carbocycles. The molecule has 1 atom stereocenters. The molecule has 2 aliphatic rings. The van der Waals surface area contributed by atoms with Crippen molar-refractivity contribution in [3.05, 3.63) is 11.8 Å². The van der Waals surface area contributed by atoms with Crippen molar-refractivity contribution in [3.63, 3.8) is 0 Å². The van der Waals surface area contributed by atoms with E-state index < -0.39 is 0 Å². The molecule has 0 aliphatic carbocycles. The summed E-state index contributed by atoms with van der Waals surface area (Å²) in [6, 6.07) is 0. The third kappa shape index (κ3) is 1.81. The number of hydrogen-bond donors (Lipinski definition) is 1. The highest BCUT2D eigenvalue weighted by molar-refractivity contribution is 5.17. The molecule has 2 nitrogen and oxygen atoms in total. The fourth-order valence-corrected chi connectivity index (χ4v) is 2.58. The highest BCUT2D eigenvalue weighted by Gasteiger charge is 2.35. The predicted octanol–water partition coefficient (Wildman–Crippen LogP) is 2.60. The molecule has 2 heteroatoms. The fourth-order valence-electron chi connectivity index (χ4n) is 2.58. The third-order valence-corrected chi connectivity index (χ3v) is 3.52. The van der Waals surface area contributed by atoms with Crippen molar-refractivity contribution in [1.29, 1.82) is 0 Å². The van der Waals surface area contributed by atoms with Gasteiger partial charge in [-0.25, -0.2) is 0 Å². The van der Waals surface area contributed by atoms with E-state index in [0.717, 1.165) is 26.0 Å². The van der Waals surface area contributed by atoms with Crippen LogP contribution in [0.25, 0.3) is 0 Å². The monoisotopic (exact) mass is 195 g/mol. The van der Waals surface area contributed by atoms with E-state index in [9.17, 15) is 0 Å². The van der Waals surface area contributed by atoms with Crippen LogP contribution in [-0.4, -0.2) is 18.7 Å². The van der Waals surface area contributed by atoms with Gasteiger partial charge in [-0.3, -0.25) is 0 Å². The zero-order valence-corrected chi connectivity index (χ0v) is 9.14. The van der Waals surface area contributed by atoms with Gasteiger partial charge in [0, 0.05) is 6.42 Å². The Hall–Kier alpha value is -0.500. The number of nitrogens with one attached hydrogen (secondary N) is 1. The lowest BCUT2D eigenvalue weighted by molar-refractivity contribution is 0.163. The number of hydrogen-bond acceptors (Lipinski definition) is 2. The minimum Gasteiger partial charge on any atom is -0.496 e. The second-order valence-electron chi connectivity index (χ2n) is 4.38. The second kappa shape index (κ2) is 4.35. The fraction of sp³-hybridized carbons (Fsp3) is 0.833. The molecule has 2 rings (SSSR count). The van der Waals surface area contributed by atoms with Gasteiger partial charge in [0.1, 0.15) is 5.76 Å². The summed E-state index contributed by atoms with van der Waals surface area (Å²) >= 11 is 0. The van der Waals surface area contributed by atoms with Gasteiger partial charge in [0.05, 0.1) is 12.1 Å². The lowest BCUT2D eigenvalue weighted by atomic mass is 9.88. The van der Waals surface area contributed by atoms with Crippen LogP contribution in [0.15, 0.2) is 11.8 Å². The molecule has 2 heterocycles. The molecule has 1 fully saturated rings. The summed E-state index contributed by atoms with van der Waals surface area (Å²) in [5, 5.41) is 3.69. The molecule has 0 bridgehead atoms. The Morgan fingerprint density at radius 1 is 1.43 bits per heavy atom. The molecule has 80 valence electrons. The van der Waals surface area contributed by atoms with E-state index in [-0.39, 0.29) is 5.54 Å². The van der Waals surface area contributed by atoms with Crippen molar-refractivity contribution in [3.8, 4) is 0 Å². The van der Waals surface area contributed by atoms with Crippen molar-refractivity contribution in [2.75, 3.05) is 13.2 Å².